The Kier molecular flexibility index (Phi) is 6.40. The number of benzene rings is 2. The second-order valence-corrected chi connectivity index (χ2v) is 9.71. The molecule has 0 bridgehead atoms. The van der Waals surface area contributed by atoms with Crippen molar-refractivity contribution in [1.82, 2.24) is 24.9 Å². The third-order valence-electron chi connectivity index (χ3n) is 6.85. The molecule has 8 heteroatoms. The number of carbonyl (C=O) groups excluding carboxylic acids is 2. The van der Waals surface area contributed by atoms with Gasteiger partial charge in [0.05, 0.1) is 17.4 Å². The molecule has 5 rings (SSSR count). The van der Waals surface area contributed by atoms with Crippen molar-refractivity contribution in [2.24, 2.45) is 0 Å². The first kappa shape index (κ1) is 23.3. The van der Waals surface area contributed by atoms with E-state index in [-0.39, 0.29) is 23.6 Å². The van der Waals surface area contributed by atoms with Gasteiger partial charge in [-0.2, -0.15) is 5.10 Å². The number of amides is 1. The Balaban J connectivity index is 1.36. The quantitative estimate of drug-likeness (QED) is 0.513. The predicted molar refractivity (Wildman–Crippen MR) is 136 cm³/mol. The Morgan fingerprint density at radius 1 is 1.06 bits per heavy atom. The predicted octanol–water partition coefficient (Wildman–Crippen LogP) is 2.63. The number of ketones is 1. The number of likely N-dealkylation sites (N-methyl/N-ethyl adjacent to an activating group) is 1. The number of nitrogens with zero attached hydrogens (tertiary/aromatic N) is 4. The van der Waals surface area contributed by atoms with Crippen LogP contribution >= 0.6 is 0 Å². The van der Waals surface area contributed by atoms with E-state index in [2.05, 4.69) is 33.3 Å². The molecule has 2 aromatic carbocycles. The normalized spacial score (nSPS) is 16.9. The zero-order valence-electron chi connectivity index (χ0n) is 20.3. The van der Waals surface area contributed by atoms with E-state index in [0.717, 1.165) is 56.7 Å². The summed E-state index contributed by atoms with van der Waals surface area (Å²) < 4.78 is 1.55. The number of anilines is 1. The molecular formula is C27H32N6O2. The summed E-state index contributed by atoms with van der Waals surface area (Å²) in [4.78, 5) is 30.6. The highest BCUT2D eigenvalue weighted by Crippen LogP contribution is 2.25. The summed E-state index contributed by atoms with van der Waals surface area (Å²) in [6.07, 6.45) is 3.57. The highest BCUT2D eigenvalue weighted by atomic mass is 16.1. The molecule has 2 fully saturated rings. The number of aromatic nitrogens is 2. The monoisotopic (exact) mass is 472 g/mol. The second-order valence-electron chi connectivity index (χ2n) is 9.71. The summed E-state index contributed by atoms with van der Waals surface area (Å²) in [5.74, 6) is 0.00419. The van der Waals surface area contributed by atoms with Crippen molar-refractivity contribution in [3.8, 4) is 5.69 Å². The van der Waals surface area contributed by atoms with Crippen molar-refractivity contribution >= 4 is 17.5 Å². The first-order chi connectivity index (χ1) is 16.9. The minimum atomic E-state index is -0.158. The van der Waals surface area contributed by atoms with Crippen molar-refractivity contribution in [2.75, 3.05) is 39.0 Å². The van der Waals surface area contributed by atoms with Gasteiger partial charge in [0, 0.05) is 49.9 Å². The van der Waals surface area contributed by atoms with Gasteiger partial charge in [-0.25, -0.2) is 4.68 Å². The third-order valence-corrected chi connectivity index (χ3v) is 6.85. The highest BCUT2D eigenvalue weighted by Gasteiger charge is 2.25. The molecule has 1 aliphatic heterocycles. The van der Waals surface area contributed by atoms with E-state index < -0.39 is 0 Å². The SMILES string of the molecule is Cc1ccc(C(=O)NC2CC2)cc1-n1ncc(C(=O)c2cccc(CN3CCN(C)CC3)c2)c1N. The molecule has 2 heterocycles. The van der Waals surface area contributed by atoms with Gasteiger partial charge in [0.25, 0.3) is 5.91 Å². The second kappa shape index (κ2) is 9.64. The summed E-state index contributed by atoms with van der Waals surface area (Å²) in [5.41, 5.74) is 10.6. The summed E-state index contributed by atoms with van der Waals surface area (Å²) in [7, 11) is 2.14. The minimum Gasteiger partial charge on any atom is -0.383 e. The number of nitrogen functional groups attached to an aromatic ring is 1. The van der Waals surface area contributed by atoms with Crippen molar-refractivity contribution in [3.05, 3.63) is 76.5 Å². The fourth-order valence-electron chi connectivity index (χ4n) is 4.43. The van der Waals surface area contributed by atoms with E-state index in [1.807, 2.05) is 31.2 Å². The average Bonchev–Trinajstić information content (AvgIpc) is 3.59. The molecule has 0 atom stereocenters. The number of hydrogen-bond acceptors (Lipinski definition) is 6. The third kappa shape index (κ3) is 5.13. The lowest BCUT2D eigenvalue weighted by atomic mass is 10.0. The van der Waals surface area contributed by atoms with Crippen LogP contribution in [0.5, 0.6) is 0 Å². The van der Waals surface area contributed by atoms with Gasteiger partial charge in [0.15, 0.2) is 5.78 Å². The van der Waals surface area contributed by atoms with Crippen LogP contribution in [0.15, 0.2) is 48.7 Å². The topological polar surface area (TPSA) is 96.5 Å². The molecule has 182 valence electrons. The van der Waals surface area contributed by atoms with Crippen molar-refractivity contribution < 1.29 is 9.59 Å². The molecule has 1 saturated carbocycles. The molecule has 0 radical (unpaired) electrons. The van der Waals surface area contributed by atoms with Gasteiger partial charge in [0.1, 0.15) is 5.82 Å². The number of rotatable bonds is 7. The molecule has 3 aromatic rings. The first-order valence-corrected chi connectivity index (χ1v) is 12.2. The Hall–Kier alpha value is -3.49. The summed E-state index contributed by atoms with van der Waals surface area (Å²) in [6.45, 7) is 6.90. The van der Waals surface area contributed by atoms with Crippen molar-refractivity contribution in [2.45, 2.75) is 32.4 Å². The van der Waals surface area contributed by atoms with E-state index in [1.165, 1.54) is 6.20 Å². The maximum Gasteiger partial charge on any atom is 0.251 e. The van der Waals surface area contributed by atoms with E-state index in [4.69, 9.17) is 5.73 Å². The number of hydrogen-bond donors (Lipinski definition) is 2. The standard InChI is InChI=1S/C27H32N6O2/c1-18-6-7-21(27(35)30-22-8-9-22)15-24(18)33-26(28)23(16-29-33)25(34)20-5-3-4-19(14-20)17-32-12-10-31(2)11-13-32/h3-7,14-16,22H,8-13,17,28H2,1-2H3,(H,30,35). The van der Waals surface area contributed by atoms with Crippen molar-refractivity contribution in [3.63, 3.8) is 0 Å². The lowest BCUT2D eigenvalue weighted by molar-refractivity contribution is 0.0950. The molecule has 3 N–H and O–H groups in total. The van der Waals surface area contributed by atoms with Crippen LogP contribution in [0.2, 0.25) is 0 Å². The van der Waals surface area contributed by atoms with Gasteiger partial charge in [-0.15, -0.1) is 0 Å². The maximum absolute atomic E-state index is 13.4. The molecule has 8 nitrogen and oxygen atoms in total. The number of nitrogens with two attached hydrogens (primary N) is 1. The zero-order valence-corrected chi connectivity index (χ0v) is 20.3. The Bertz CT molecular complexity index is 1250. The summed E-state index contributed by atoms with van der Waals surface area (Å²) in [6, 6.07) is 13.5. The number of nitrogens with one attached hydrogen (secondary N) is 1. The van der Waals surface area contributed by atoms with Gasteiger partial charge < -0.3 is 16.0 Å². The maximum atomic E-state index is 13.4. The van der Waals surface area contributed by atoms with E-state index >= 15 is 0 Å². The fourth-order valence-corrected chi connectivity index (χ4v) is 4.43. The minimum absolute atomic E-state index is 0.104. The fraction of sp³-hybridized carbons (Fsp3) is 0.370. The van der Waals surface area contributed by atoms with E-state index in [0.29, 0.717) is 22.4 Å². The molecule has 1 aromatic heterocycles. The van der Waals surface area contributed by atoms with Crippen LogP contribution in [0.4, 0.5) is 5.82 Å². The summed E-state index contributed by atoms with van der Waals surface area (Å²) >= 11 is 0. The van der Waals surface area contributed by atoms with E-state index in [1.54, 1.807) is 16.8 Å². The lowest BCUT2D eigenvalue weighted by Crippen LogP contribution is -2.43. The molecule has 1 aliphatic carbocycles. The van der Waals surface area contributed by atoms with Crippen LogP contribution < -0.4 is 11.1 Å². The first-order valence-electron chi connectivity index (χ1n) is 12.2. The number of carbonyl (C=O) groups is 2. The van der Waals surface area contributed by atoms with Gasteiger partial charge in [0.2, 0.25) is 0 Å². The molecule has 0 unspecified atom stereocenters. The van der Waals surface area contributed by atoms with Crippen LogP contribution in [0.1, 0.15) is 50.2 Å². The van der Waals surface area contributed by atoms with Crippen LogP contribution in [0.3, 0.4) is 0 Å². The van der Waals surface area contributed by atoms with Gasteiger partial charge in [-0.1, -0.05) is 24.3 Å². The molecule has 1 saturated heterocycles. The zero-order chi connectivity index (χ0) is 24.5. The Morgan fingerprint density at radius 3 is 2.57 bits per heavy atom. The van der Waals surface area contributed by atoms with Gasteiger partial charge in [-0.3, -0.25) is 14.5 Å². The van der Waals surface area contributed by atoms with Gasteiger partial charge in [-0.05, 0) is 56.1 Å². The molecule has 0 spiro atoms. The van der Waals surface area contributed by atoms with Crippen molar-refractivity contribution in [1.29, 1.82) is 0 Å². The molecule has 35 heavy (non-hydrogen) atoms. The number of aryl methyl sites for hydroxylation is 1. The van der Waals surface area contributed by atoms with Crippen LogP contribution in [0, 0.1) is 6.92 Å². The van der Waals surface area contributed by atoms with Crippen LogP contribution in [-0.4, -0.2) is 70.5 Å². The molecular weight excluding hydrogens is 440 g/mol. The van der Waals surface area contributed by atoms with Crippen LogP contribution in [0.25, 0.3) is 5.69 Å². The Labute approximate surface area is 205 Å². The largest absolute Gasteiger partial charge is 0.383 e. The van der Waals surface area contributed by atoms with E-state index in [9.17, 15) is 9.59 Å². The number of piperazine rings is 1. The smallest absolute Gasteiger partial charge is 0.251 e. The summed E-state index contributed by atoms with van der Waals surface area (Å²) in [5, 5.41) is 7.42. The Morgan fingerprint density at radius 2 is 1.83 bits per heavy atom. The average molecular weight is 473 g/mol. The molecule has 2 aliphatic rings. The lowest BCUT2D eigenvalue weighted by Gasteiger charge is -2.32. The highest BCUT2D eigenvalue weighted by molar-refractivity contribution is 6.11. The molecule has 1 amide bonds. The van der Waals surface area contributed by atoms with Gasteiger partial charge >= 0.3 is 0 Å². The van der Waals surface area contributed by atoms with Crippen LogP contribution in [-0.2, 0) is 6.54 Å².